The van der Waals surface area contributed by atoms with E-state index in [2.05, 4.69) is 20.3 Å². The molecule has 1 N–H and O–H groups in total. The summed E-state index contributed by atoms with van der Waals surface area (Å²) in [7, 11) is 3.64. The van der Waals surface area contributed by atoms with Crippen molar-refractivity contribution in [3.63, 3.8) is 0 Å². The van der Waals surface area contributed by atoms with E-state index >= 15 is 0 Å². The molecule has 0 amide bonds. The van der Waals surface area contributed by atoms with Crippen molar-refractivity contribution in [2.45, 2.75) is 18.8 Å². The van der Waals surface area contributed by atoms with Gasteiger partial charge >= 0.3 is 0 Å². The fourth-order valence-electron chi connectivity index (χ4n) is 3.28. The van der Waals surface area contributed by atoms with Crippen molar-refractivity contribution in [1.82, 2.24) is 20.0 Å². The van der Waals surface area contributed by atoms with Gasteiger partial charge in [0.25, 0.3) is 0 Å². The van der Waals surface area contributed by atoms with Gasteiger partial charge in [-0.1, -0.05) is 6.07 Å². The molecule has 142 valence electrons. The summed E-state index contributed by atoms with van der Waals surface area (Å²) < 4.78 is 29.2. The molecule has 3 rings (SSSR count). The van der Waals surface area contributed by atoms with Crippen molar-refractivity contribution >= 4 is 29.9 Å². The van der Waals surface area contributed by atoms with Crippen LogP contribution in [0.25, 0.3) is 0 Å². The van der Waals surface area contributed by atoms with Crippen LogP contribution in [0.2, 0.25) is 0 Å². The van der Waals surface area contributed by atoms with Gasteiger partial charge in [0, 0.05) is 51.4 Å². The van der Waals surface area contributed by atoms with E-state index in [0.29, 0.717) is 12.5 Å². The lowest BCUT2D eigenvalue weighted by Gasteiger charge is -2.21. The average molecular weight is 475 g/mol. The number of hydrogen-bond acceptors (Lipinski definition) is 2. The third-order valence-corrected chi connectivity index (χ3v) is 4.62. The maximum atomic E-state index is 13.7. The van der Waals surface area contributed by atoms with E-state index < -0.39 is 11.6 Å². The first-order chi connectivity index (χ1) is 12.1. The van der Waals surface area contributed by atoms with Gasteiger partial charge in [-0.3, -0.25) is 9.67 Å². The van der Waals surface area contributed by atoms with E-state index in [1.807, 2.05) is 24.1 Å². The smallest absolute Gasteiger partial charge is 0.193 e. The second kappa shape index (κ2) is 9.29. The first kappa shape index (κ1) is 20.6. The van der Waals surface area contributed by atoms with Crippen molar-refractivity contribution in [3.8, 4) is 0 Å². The van der Waals surface area contributed by atoms with Crippen LogP contribution in [0.3, 0.4) is 0 Å². The van der Waals surface area contributed by atoms with E-state index in [-0.39, 0.29) is 36.0 Å². The minimum atomic E-state index is -0.505. The van der Waals surface area contributed by atoms with Crippen LogP contribution >= 0.6 is 24.0 Å². The molecule has 1 aliphatic rings. The van der Waals surface area contributed by atoms with Gasteiger partial charge in [-0.05, 0) is 30.5 Å². The minimum absolute atomic E-state index is 0. The Morgan fingerprint density at radius 1 is 1.35 bits per heavy atom. The molecule has 5 nitrogen and oxygen atoms in total. The third kappa shape index (κ3) is 4.72. The number of nitrogens with one attached hydrogen (secondary N) is 1. The fourth-order valence-corrected chi connectivity index (χ4v) is 3.28. The number of halogens is 3. The Kier molecular flexibility index (Phi) is 7.36. The molecule has 0 bridgehead atoms. The highest BCUT2D eigenvalue weighted by Gasteiger charge is 2.26. The van der Waals surface area contributed by atoms with Crippen LogP contribution in [0.5, 0.6) is 0 Å². The number of aryl methyl sites for hydroxylation is 1. The van der Waals surface area contributed by atoms with E-state index in [0.717, 1.165) is 25.5 Å². The van der Waals surface area contributed by atoms with Crippen LogP contribution in [0.1, 0.15) is 23.5 Å². The van der Waals surface area contributed by atoms with Crippen molar-refractivity contribution in [1.29, 1.82) is 0 Å². The summed E-state index contributed by atoms with van der Waals surface area (Å²) in [6.45, 7) is 2.19. The lowest BCUT2D eigenvalue weighted by atomic mass is 10.0. The molecule has 1 aromatic carbocycles. The summed E-state index contributed by atoms with van der Waals surface area (Å²) in [5.74, 6) is 0.184. The molecule has 2 aromatic rings. The summed E-state index contributed by atoms with van der Waals surface area (Å²) in [5.41, 5.74) is 1.34. The highest BCUT2D eigenvalue weighted by molar-refractivity contribution is 14.0. The van der Waals surface area contributed by atoms with Gasteiger partial charge in [-0.15, -0.1) is 24.0 Å². The van der Waals surface area contributed by atoms with Crippen LogP contribution in [0.15, 0.2) is 35.6 Å². The summed E-state index contributed by atoms with van der Waals surface area (Å²) in [6.07, 6.45) is 5.27. The zero-order valence-electron chi connectivity index (χ0n) is 15.0. The highest BCUT2D eigenvalue weighted by Crippen LogP contribution is 2.26. The van der Waals surface area contributed by atoms with Crippen LogP contribution in [0.4, 0.5) is 8.78 Å². The number of likely N-dealkylation sites (tertiary alicyclic amines) is 1. The Labute approximate surface area is 169 Å². The van der Waals surface area contributed by atoms with Crippen molar-refractivity contribution < 1.29 is 8.78 Å². The lowest BCUT2D eigenvalue weighted by molar-refractivity contribution is 0.484. The maximum Gasteiger partial charge on any atom is 0.193 e. The Morgan fingerprint density at radius 2 is 2.08 bits per heavy atom. The first-order valence-electron chi connectivity index (χ1n) is 8.45. The molecule has 2 heterocycles. The van der Waals surface area contributed by atoms with Gasteiger partial charge in [-0.25, -0.2) is 8.78 Å². The average Bonchev–Trinajstić information content (AvgIpc) is 3.23. The molecule has 1 saturated heterocycles. The van der Waals surface area contributed by atoms with Gasteiger partial charge in [0.1, 0.15) is 11.6 Å². The minimum Gasteiger partial charge on any atom is -0.356 e. The molecular formula is C18H24F2IN5. The fraction of sp³-hybridized carbons (Fsp3) is 0.444. The van der Waals surface area contributed by atoms with E-state index in [9.17, 15) is 8.78 Å². The quantitative estimate of drug-likeness (QED) is 0.421. The van der Waals surface area contributed by atoms with Gasteiger partial charge in [0.2, 0.25) is 0 Å². The predicted molar refractivity (Wildman–Crippen MR) is 109 cm³/mol. The van der Waals surface area contributed by atoms with Gasteiger partial charge < -0.3 is 10.2 Å². The Balaban J connectivity index is 0.00000243. The predicted octanol–water partition coefficient (Wildman–Crippen LogP) is 2.92. The van der Waals surface area contributed by atoms with Crippen molar-refractivity contribution in [3.05, 3.63) is 53.4 Å². The zero-order valence-corrected chi connectivity index (χ0v) is 17.3. The molecule has 0 saturated carbocycles. The maximum absolute atomic E-state index is 13.7. The number of aliphatic imine (C=N–C) groups is 1. The van der Waals surface area contributed by atoms with Gasteiger partial charge in [0.05, 0.1) is 6.20 Å². The second-order valence-electron chi connectivity index (χ2n) is 6.30. The van der Waals surface area contributed by atoms with E-state index in [1.54, 1.807) is 7.05 Å². The Hall–Kier alpha value is -1.71. The number of benzene rings is 1. The van der Waals surface area contributed by atoms with Crippen LogP contribution in [0, 0.1) is 11.6 Å². The standard InChI is InChI=1S/C18H23F2N5.HI/c1-21-18(22-8-6-15-16(19)4-3-5-17(15)20)25-9-7-13(12-25)14-10-23-24(2)11-14;/h3-5,10-11,13H,6-9,12H2,1-2H3,(H,21,22);1H. The SMILES string of the molecule is CN=C(NCCc1c(F)cccc1F)N1CCC(c2cnn(C)c2)C1.I. The largest absolute Gasteiger partial charge is 0.356 e. The molecule has 1 atom stereocenters. The van der Waals surface area contributed by atoms with E-state index in [4.69, 9.17) is 0 Å². The van der Waals surface area contributed by atoms with Crippen molar-refractivity contribution in [2.24, 2.45) is 12.0 Å². The lowest BCUT2D eigenvalue weighted by Crippen LogP contribution is -2.40. The number of aromatic nitrogens is 2. The number of guanidine groups is 1. The normalized spacial score (nSPS) is 17.3. The Morgan fingerprint density at radius 3 is 2.69 bits per heavy atom. The Bertz CT molecular complexity index is 742. The zero-order chi connectivity index (χ0) is 17.8. The van der Waals surface area contributed by atoms with E-state index in [1.165, 1.54) is 23.8 Å². The van der Waals surface area contributed by atoms with Gasteiger partial charge in [0.15, 0.2) is 5.96 Å². The molecule has 0 radical (unpaired) electrons. The monoisotopic (exact) mass is 475 g/mol. The number of nitrogens with zero attached hydrogens (tertiary/aromatic N) is 4. The molecule has 1 unspecified atom stereocenters. The van der Waals surface area contributed by atoms with Crippen LogP contribution in [-0.2, 0) is 13.5 Å². The molecule has 8 heteroatoms. The number of rotatable bonds is 4. The summed E-state index contributed by atoms with van der Waals surface area (Å²) in [4.78, 5) is 6.48. The van der Waals surface area contributed by atoms with Crippen LogP contribution < -0.4 is 5.32 Å². The molecule has 1 fully saturated rings. The third-order valence-electron chi connectivity index (χ3n) is 4.62. The highest BCUT2D eigenvalue weighted by atomic mass is 127. The van der Waals surface area contributed by atoms with Crippen molar-refractivity contribution in [2.75, 3.05) is 26.7 Å². The van der Waals surface area contributed by atoms with Gasteiger partial charge in [-0.2, -0.15) is 5.10 Å². The number of hydrogen-bond donors (Lipinski definition) is 1. The molecule has 1 aromatic heterocycles. The summed E-state index contributed by atoms with van der Waals surface area (Å²) >= 11 is 0. The molecule has 0 aliphatic carbocycles. The summed E-state index contributed by atoms with van der Waals surface area (Å²) in [6, 6.07) is 3.95. The molecular weight excluding hydrogens is 451 g/mol. The first-order valence-corrected chi connectivity index (χ1v) is 8.45. The molecule has 0 spiro atoms. The topological polar surface area (TPSA) is 45.5 Å². The molecule has 1 aliphatic heterocycles. The van der Waals surface area contributed by atoms with Crippen LogP contribution in [-0.4, -0.2) is 47.3 Å². The molecule has 26 heavy (non-hydrogen) atoms. The summed E-state index contributed by atoms with van der Waals surface area (Å²) in [5, 5.41) is 7.45. The second-order valence-corrected chi connectivity index (χ2v) is 6.30.